The fourth-order valence-electron chi connectivity index (χ4n) is 4.64. The second-order valence-electron chi connectivity index (χ2n) is 9.26. The third kappa shape index (κ3) is 4.25. The van der Waals surface area contributed by atoms with Crippen LogP contribution < -0.4 is 5.69 Å². The third-order valence-electron chi connectivity index (χ3n) is 6.46. The first kappa shape index (κ1) is 22.7. The number of nitrogens with zero attached hydrogens (tertiary/aromatic N) is 4. The van der Waals surface area contributed by atoms with Gasteiger partial charge in [0.25, 0.3) is 0 Å². The minimum absolute atomic E-state index is 0.179. The first-order chi connectivity index (χ1) is 16.9. The zero-order chi connectivity index (χ0) is 24.5. The molecule has 0 bridgehead atoms. The lowest BCUT2D eigenvalue weighted by Gasteiger charge is -2.11. The highest BCUT2D eigenvalue weighted by atomic mass is 16.4. The molecule has 0 radical (unpaired) electrons. The summed E-state index contributed by atoms with van der Waals surface area (Å²) in [6.07, 6.45) is 1.01. The molecule has 7 nitrogen and oxygen atoms in total. The maximum Gasteiger partial charge on any atom is 0.336 e. The second kappa shape index (κ2) is 9.25. The molecule has 0 aliphatic carbocycles. The van der Waals surface area contributed by atoms with E-state index < -0.39 is 5.97 Å². The predicted molar refractivity (Wildman–Crippen MR) is 137 cm³/mol. The van der Waals surface area contributed by atoms with Crippen LogP contribution in [0.15, 0.2) is 77.6 Å². The second-order valence-corrected chi connectivity index (χ2v) is 9.26. The van der Waals surface area contributed by atoms with Gasteiger partial charge >= 0.3 is 11.7 Å². The number of carboxylic acid groups (broad SMARTS) is 1. The molecule has 0 saturated carbocycles. The van der Waals surface area contributed by atoms with Crippen molar-refractivity contribution in [2.75, 3.05) is 0 Å². The highest BCUT2D eigenvalue weighted by Crippen LogP contribution is 2.21. The van der Waals surface area contributed by atoms with E-state index in [2.05, 4.69) is 24.5 Å². The van der Waals surface area contributed by atoms with Crippen molar-refractivity contribution in [3.05, 3.63) is 100 Å². The number of para-hydroxylation sites is 4. The molecule has 1 N–H and O–H groups in total. The first-order valence-corrected chi connectivity index (χ1v) is 11.9. The summed E-state index contributed by atoms with van der Waals surface area (Å²) in [6.45, 7) is 5.74. The van der Waals surface area contributed by atoms with Gasteiger partial charge in [-0.25, -0.2) is 14.6 Å². The molecule has 3 aromatic carbocycles. The number of rotatable bonds is 8. The Hall–Kier alpha value is -4.13. The van der Waals surface area contributed by atoms with Crippen LogP contribution in [0.2, 0.25) is 0 Å². The number of carboxylic acids is 1. The monoisotopic (exact) mass is 468 g/mol. The summed E-state index contributed by atoms with van der Waals surface area (Å²) < 4.78 is 5.61. The molecule has 0 fully saturated rings. The summed E-state index contributed by atoms with van der Waals surface area (Å²) in [5.41, 5.74) is 4.15. The zero-order valence-electron chi connectivity index (χ0n) is 19.9. The summed E-state index contributed by atoms with van der Waals surface area (Å²) in [5.74, 6) is 0.377. The van der Waals surface area contributed by atoms with Gasteiger partial charge in [-0.1, -0.05) is 56.3 Å². The van der Waals surface area contributed by atoms with E-state index in [0.717, 1.165) is 40.9 Å². The number of aromatic nitrogens is 4. The molecule has 2 heterocycles. The van der Waals surface area contributed by atoms with Crippen LogP contribution in [0.5, 0.6) is 0 Å². The van der Waals surface area contributed by atoms with Crippen LogP contribution in [0.1, 0.15) is 42.0 Å². The number of benzene rings is 3. The van der Waals surface area contributed by atoms with Gasteiger partial charge in [0, 0.05) is 6.54 Å². The lowest BCUT2D eigenvalue weighted by molar-refractivity contribution is 0.0695. The fraction of sp³-hybridized carbons (Fsp3) is 0.250. The van der Waals surface area contributed by atoms with Crippen LogP contribution >= 0.6 is 0 Å². The summed E-state index contributed by atoms with van der Waals surface area (Å²) in [5, 5.41) is 9.61. The van der Waals surface area contributed by atoms with Gasteiger partial charge in [0.15, 0.2) is 0 Å². The molecule has 0 saturated heterocycles. The molecule has 35 heavy (non-hydrogen) atoms. The van der Waals surface area contributed by atoms with E-state index in [1.165, 1.54) is 0 Å². The molecule has 0 atom stereocenters. The normalized spacial score (nSPS) is 11.6. The highest BCUT2D eigenvalue weighted by molar-refractivity contribution is 5.89. The molecule has 2 aromatic heterocycles. The standard InChI is InChI=1S/C28H28N4O3/c1-19(2)15-16-30-23-12-6-5-11-22(23)29-26(30)18-32-25-14-8-7-13-24(25)31(28(32)35)17-20-9-3-4-10-21(20)27(33)34/h3-14,19H,15-18H2,1-2H3,(H,33,34). The molecular weight excluding hydrogens is 440 g/mol. The van der Waals surface area contributed by atoms with Gasteiger partial charge in [0.1, 0.15) is 5.82 Å². The molecule has 178 valence electrons. The molecule has 5 aromatic rings. The Morgan fingerprint density at radius 1 is 0.829 bits per heavy atom. The van der Waals surface area contributed by atoms with Gasteiger partial charge < -0.3 is 9.67 Å². The molecule has 0 aliphatic heterocycles. The van der Waals surface area contributed by atoms with Gasteiger partial charge in [-0.3, -0.25) is 9.13 Å². The van der Waals surface area contributed by atoms with Gasteiger partial charge in [-0.2, -0.15) is 0 Å². The van der Waals surface area contributed by atoms with Crippen LogP contribution in [-0.4, -0.2) is 29.8 Å². The predicted octanol–water partition coefficient (Wildman–Crippen LogP) is 4.99. The van der Waals surface area contributed by atoms with Crippen molar-refractivity contribution in [2.24, 2.45) is 5.92 Å². The smallest absolute Gasteiger partial charge is 0.336 e. The van der Waals surface area contributed by atoms with Crippen molar-refractivity contribution in [1.82, 2.24) is 18.7 Å². The first-order valence-electron chi connectivity index (χ1n) is 11.9. The van der Waals surface area contributed by atoms with E-state index in [9.17, 15) is 14.7 Å². The maximum absolute atomic E-state index is 13.7. The van der Waals surface area contributed by atoms with E-state index in [0.29, 0.717) is 18.0 Å². The van der Waals surface area contributed by atoms with Crippen molar-refractivity contribution >= 4 is 28.0 Å². The summed E-state index contributed by atoms with van der Waals surface area (Å²) in [7, 11) is 0. The summed E-state index contributed by atoms with van der Waals surface area (Å²) >= 11 is 0. The Balaban J connectivity index is 1.62. The van der Waals surface area contributed by atoms with E-state index in [1.54, 1.807) is 33.4 Å². The Bertz CT molecular complexity index is 1590. The van der Waals surface area contributed by atoms with Gasteiger partial charge in [-0.15, -0.1) is 0 Å². The van der Waals surface area contributed by atoms with Crippen LogP contribution in [0.4, 0.5) is 0 Å². The van der Waals surface area contributed by atoms with Gasteiger partial charge in [0.05, 0.1) is 40.7 Å². The topological polar surface area (TPSA) is 82.0 Å². The van der Waals surface area contributed by atoms with Crippen LogP contribution in [-0.2, 0) is 19.6 Å². The van der Waals surface area contributed by atoms with Crippen LogP contribution in [0, 0.1) is 5.92 Å². The number of aromatic carboxylic acids is 1. The number of hydrogen-bond acceptors (Lipinski definition) is 3. The Morgan fingerprint density at radius 3 is 2.11 bits per heavy atom. The summed E-state index contributed by atoms with van der Waals surface area (Å²) in [4.78, 5) is 30.3. The lowest BCUT2D eigenvalue weighted by atomic mass is 10.1. The van der Waals surface area contributed by atoms with Crippen molar-refractivity contribution in [1.29, 1.82) is 0 Å². The molecule has 0 aliphatic rings. The minimum atomic E-state index is -1.00. The van der Waals surface area contributed by atoms with Crippen molar-refractivity contribution in [3.8, 4) is 0 Å². The average Bonchev–Trinajstić information content (AvgIpc) is 3.33. The Kier molecular flexibility index (Phi) is 5.99. The van der Waals surface area contributed by atoms with E-state index >= 15 is 0 Å². The minimum Gasteiger partial charge on any atom is -0.478 e. The zero-order valence-corrected chi connectivity index (χ0v) is 19.9. The van der Waals surface area contributed by atoms with Crippen molar-refractivity contribution in [2.45, 2.75) is 39.9 Å². The largest absolute Gasteiger partial charge is 0.478 e. The number of fused-ring (bicyclic) bond motifs is 2. The van der Waals surface area contributed by atoms with Gasteiger partial charge in [0.2, 0.25) is 0 Å². The number of aryl methyl sites for hydroxylation is 1. The van der Waals surface area contributed by atoms with E-state index in [4.69, 9.17) is 4.98 Å². The highest BCUT2D eigenvalue weighted by Gasteiger charge is 2.19. The summed E-state index contributed by atoms with van der Waals surface area (Å²) in [6, 6.07) is 22.5. The third-order valence-corrected chi connectivity index (χ3v) is 6.46. The average molecular weight is 469 g/mol. The van der Waals surface area contributed by atoms with E-state index in [1.807, 2.05) is 42.5 Å². The van der Waals surface area contributed by atoms with Crippen molar-refractivity contribution in [3.63, 3.8) is 0 Å². The molecule has 0 amide bonds. The SMILES string of the molecule is CC(C)CCn1c(Cn2c(=O)n(Cc3ccccc3C(=O)O)c3ccccc32)nc2ccccc21. The fourth-order valence-corrected chi connectivity index (χ4v) is 4.64. The number of carbonyl (C=O) groups is 1. The lowest BCUT2D eigenvalue weighted by Crippen LogP contribution is -2.26. The Labute approximate surface area is 202 Å². The molecular formula is C28H28N4O3. The molecule has 5 rings (SSSR count). The molecule has 0 spiro atoms. The quantitative estimate of drug-likeness (QED) is 0.348. The van der Waals surface area contributed by atoms with Crippen LogP contribution in [0.25, 0.3) is 22.1 Å². The maximum atomic E-state index is 13.7. The number of hydrogen-bond donors (Lipinski definition) is 1. The molecule has 0 unspecified atom stereocenters. The van der Waals surface area contributed by atoms with Crippen LogP contribution in [0.3, 0.4) is 0 Å². The molecule has 7 heteroatoms. The number of imidazole rings is 2. The van der Waals surface area contributed by atoms with E-state index in [-0.39, 0.29) is 17.8 Å². The van der Waals surface area contributed by atoms with Crippen molar-refractivity contribution < 1.29 is 9.90 Å². The Morgan fingerprint density at radius 2 is 1.43 bits per heavy atom. The van der Waals surface area contributed by atoms with Gasteiger partial charge in [-0.05, 0) is 48.2 Å².